The zero-order chi connectivity index (χ0) is 16.2. The fourth-order valence-corrected chi connectivity index (χ4v) is 3.60. The molecule has 1 aromatic heterocycles. The van der Waals surface area contributed by atoms with E-state index in [0.717, 1.165) is 37.1 Å². The molecule has 1 fully saturated rings. The molecule has 1 aliphatic rings. The quantitative estimate of drug-likeness (QED) is 0.849. The summed E-state index contributed by atoms with van der Waals surface area (Å²) in [5, 5.41) is 2.97. The molecule has 0 spiro atoms. The van der Waals surface area contributed by atoms with Crippen LogP contribution < -0.4 is 5.32 Å². The number of benzene rings is 1. The maximum absolute atomic E-state index is 13.0. The number of aromatic nitrogens is 1. The maximum Gasteiger partial charge on any atom is 0.317 e. The molecule has 2 amide bonds. The second-order valence-electron chi connectivity index (χ2n) is 5.75. The van der Waals surface area contributed by atoms with Gasteiger partial charge in [-0.25, -0.2) is 14.2 Å². The van der Waals surface area contributed by atoms with Gasteiger partial charge >= 0.3 is 6.03 Å². The molecule has 4 nitrogen and oxygen atoms in total. The highest BCUT2D eigenvalue weighted by atomic mass is 32.1. The van der Waals surface area contributed by atoms with Gasteiger partial charge in [-0.2, -0.15) is 0 Å². The first kappa shape index (κ1) is 15.9. The summed E-state index contributed by atoms with van der Waals surface area (Å²) in [6, 6.07) is 6.44. The van der Waals surface area contributed by atoms with Gasteiger partial charge in [0.25, 0.3) is 0 Å². The van der Waals surface area contributed by atoms with E-state index in [4.69, 9.17) is 0 Å². The largest absolute Gasteiger partial charge is 0.338 e. The van der Waals surface area contributed by atoms with E-state index in [-0.39, 0.29) is 17.9 Å². The standard InChI is InChI=1S/C17H20FN3OS/c1-12-16(23-11-20-12)3-2-9-19-17(22)21-10-8-15(21)13-4-6-14(18)7-5-13/h4-7,11,15H,2-3,8-10H2,1H3,(H,19,22)/t15-/m0/s1. The molecule has 1 atom stereocenters. The third-order valence-corrected chi connectivity index (χ3v) is 5.23. The molecule has 0 unspecified atom stereocenters. The number of carbonyl (C=O) groups excluding carboxylic acids is 1. The van der Waals surface area contributed by atoms with Crippen molar-refractivity contribution in [3.05, 3.63) is 51.7 Å². The Bertz CT molecular complexity index is 671. The Balaban J connectivity index is 1.45. The number of carbonyl (C=O) groups is 1. The van der Waals surface area contributed by atoms with Crippen LogP contribution in [0.5, 0.6) is 0 Å². The molecule has 23 heavy (non-hydrogen) atoms. The summed E-state index contributed by atoms with van der Waals surface area (Å²) in [7, 11) is 0. The molecule has 122 valence electrons. The van der Waals surface area contributed by atoms with Crippen molar-refractivity contribution in [1.82, 2.24) is 15.2 Å². The molecule has 2 heterocycles. The summed E-state index contributed by atoms with van der Waals surface area (Å²) in [6.45, 7) is 3.42. The summed E-state index contributed by atoms with van der Waals surface area (Å²) in [6.07, 6.45) is 2.78. The van der Waals surface area contributed by atoms with E-state index in [9.17, 15) is 9.18 Å². The van der Waals surface area contributed by atoms with Crippen LogP contribution in [-0.4, -0.2) is 29.0 Å². The van der Waals surface area contributed by atoms with Crippen molar-refractivity contribution in [2.75, 3.05) is 13.1 Å². The summed E-state index contributed by atoms with van der Waals surface area (Å²) in [5.41, 5.74) is 3.94. The van der Waals surface area contributed by atoms with Gasteiger partial charge in [0, 0.05) is 18.0 Å². The molecular formula is C17H20FN3OS. The molecule has 1 aromatic carbocycles. The molecule has 0 bridgehead atoms. The number of hydrogen-bond acceptors (Lipinski definition) is 3. The maximum atomic E-state index is 13.0. The fourth-order valence-electron chi connectivity index (χ4n) is 2.77. The lowest BCUT2D eigenvalue weighted by Crippen LogP contribution is -2.50. The van der Waals surface area contributed by atoms with E-state index in [0.29, 0.717) is 6.54 Å². The third-order valence-electron chi connectivity index (χ3n) is 4.24. The summed E-state index contributed by atoms with van der Waals surface area (Å²) >= 11 is 1.66. The average Bonchev–Trinajstić information content (AvgIpc) is 2.90. The fraction of sp³-hybridized carbons (Fsp3) is 0.412. The summed E-state index contributed by atoms with van der Waals surface area (Å²) in [4.78, 5) is 19.6. The molecular weight excluding hydrogens is 313 g/mol. The van der Waals surface area contributed by atoms with Crippen LogP contribution in [0.1, 0.15) is 35.0 Å². The van der Waals surface area contributed by atoms with Crippen molar-refractivity contribution < 1.29 is 9.18 Å². The number of rotatable bonds is 5. The summed E-state index contributed by atoms with van der Waals surface area (Å²) in [5.74, 6) is -0.248. The molecule has 0 radical (unpaired) electrons. The van der Waals surface area contributed by atoms with Crippen molar-refractivity contribution in [2.24, 2.45) is 0 Å². The molecule has 2 aromatic rings. The lowest BCUT2D eigenvalue weighted by atomic mass is 9.95. The van der Waals surface area contributed by atoms with E-state index in [1.165, 1.54) is 17.0 Å². The monoisotopic (exact) mass is 333 g/mol. The van der Waals surface area contributed by atoms with Crippen LogP contribution in [0.4, 0.5) is 9.18 Å². The molecule has 0 saturated carbocycles. The molecule has 0 aliphatic carbocycles. The molecule has 1 saturated heterocycles. The van der Waals surface area contributed by atoms with Crippen LogP contribution in [0.2, 0.25) is 0 Å². The van der Waals surface area contributed by atoms with Crippen molar-refractivity contribution in [2.45, 2.75) is 32.2 Å². The number of urea groups is 1. The number of nitrogens with one attached hydrogen (secondary N) is 1. The van der Waals surface area contributed by atoms with Crippen molar-refractivity contribution in [3.8, 4) is 0 Å². The Labute approximate surface area is 139 Å². The van der Waals surface area contributed by atoms with E-state index in [1.54, 1.807) is 23.5 Å². The van der Waals surface area contributed by atoms with Gasteiger partial charge in [-0.3, -0.25) is 0 Å². The van der Waals surface area contributed by atoms with Gasteiger partial charge in [0.2, 0.25) is 0 Å². The van der Waals surface area contributed by atoms with Gasteiger partial charge < -0.3 is 10.2 Å². The first-order chi connectivity index (χ1) is 11.1. The minimum atomic E-state index is -0.248. The third kappa shape index (κ3) is 3.69. The van der Waals surface area contributed by atoms with Gasteiger partial charge in [0.05, 0.1) is 17.2 Å². The lowest BCUT2D eigenvalue weighted by Gasteiger charge is -2.41. The topological polar surface area (TPSA) is 45.2 Å². The van der Waals surface area contributed by atoms with E-state index in [2.05, 4.69) is 10.3 Å². The van der Waals surface area contributed by atoms with Gasteiger partial charge in [0.1, 0.15) is 5.82 Å². The Morgan fingerprint density at radius 3 is 2.83 bits per heavy atom. The molecule has 6 heteroatoms. The first-order valence-electron chi connectivity index (χ1n) is 7.84. The molecule has 1 aliphatic heterocycles. The van der Waals surface area contributed by atoms with Gasteiger partial charge in [0.15, 0.2) is 0 Å². The van der Waals surface area contributed by atoms with E-state index < -0.39 is 0 Å². The Morgan fingerprint density at radius 2 is 2.22 bits per heavy atom. The SMILES string of the molecule is Cc1ncsc1CCCNC(=O)N1CC[C@H]1c1ccc(F)cc1. The number of nitrogens with zero attached hydrogens (tertiary/aromatic N) is 2. The average molecular weight is 333 g/mol. The van der Waals surface area contributed by atoms with Crippen LogP contribution in [0.15, 0.2) is 29.8 Å². The Hall–Kier alpha value is -1.95. The number of halogens is 1. The molecule has 1 N–H and O–H groups in total. The molecule has 3 rings (SSSR count). The van der Waals surface area contributed by atoms with Gasteiger partial charge in [-0.15, -0.1) is 11.3 Å². The van der Waals surface area contributed by atoms with Crippen LogP contribution >= 0.6 is 11.3 Å². The second-order valence-corrected chi connectivity index (χ2v) is 6.69. The lowest BCUT2D eigenvalue weighted by molar-refractivity contribution is 0.115. The van der Waals surface area contributed by atoms with E-state index >= 15 is 0 Å². The Kier molecular flexibility index (Phi) is 4.91. The van der Waals surface area contributed by atoms with E-state index in [1.807, 2.05) is 17.3 Å². The number of amides is 2. The van der Waals surface area contributed by atoms with Gasteiger partial charge in [-0.05, 0) is 43.9 Å². The van der Waals surface area contributed by atoms with Crippen LogP contribution in [0.25, 0.3) is 0 Å². The zero-order valence-electron chi connectivity index (χ0n) is 13.1. The van der Waals surface area contributed by atoms with Crippen LogP contribution in [0.3, 0.4) is 0 Å². The first-order valence-corrected chi connectivity index (χ1v) is 8.72. The normalized spacial score (nSPS) is 17.0. The zero-order valence-corrected chi connectivity index (χ0v) is 13.9. The highest BCUT2D eigenvalue weighted by Crippen LogP contribution is 2.33. The summed E-state index contributed by atoms with van der Waals surface area (Å²) < 4.78 is 13.0. The predicted octanol–water partition coefficient (Wildman–Crippen LogP) is 3.68. The van der Waals surface area contributed by atoms with Crippen molar-refractivity contribution in [1.29, 1.82) is 0 Å². The van der Waals surface area contributed by atoms with Crippen LogP contribution in [0, 0.1) is 12.7 Å². The number of thiazole rings is 1. The van der Waals surface area contributed by atoms with Crippen molar-refractivity contribution in [3.63, 3.8) is 0 Å². The minimum Gasteiger partial charge on any atom is -0.338 e. The smallest absolute Gasteiger partial charge is 0.317 e. The predicted molar refractivity (Wildman–Crippen MR) is 89.0 cm³/mol. The van der Waals surface area contributed by atoms with Gasteiger partial charge in [-0.1, -0.05) is 12.1 Å². The van der Waals surface area contributed by atoms with Crippen molar-refractivity contribution >= 4 is 17.4 Å². The number of aryl methyl sites for hydroxylation is 2. The minimum absolute atomic E-state index is 0.0356. The highest BCUT2D eigenvalue weighted by Gasteiger charge is 2.33. The van der Waals surface area contributed by atoms with Crippen LogP contribution in [-0.2, 0) is 6.42 Å². The highest BCUT2D eigenvalue weighted by molar-refractivity contribution is 7.09. The second kappa shape index (κ2) is 7.08. The Morgan fingerprint density at radius 1 is 1.43 bits per heavy atom. The number of hydrogen-bond donors (Lipinski definition) is 1. The number of likely N-dealkylation sites (tertiary alicyclic amines) is 1.